The number of benzene rings is 2. The van der Waals surface area contributed by atoms with Gasteiger partial charge in [0.15, 0.2) is 0 Å². The fourth-order valence-electron chi connectivity index (χ4n) is 3.50. The molecule has 0 radical (unpaired) electrons. The van der Waals surface area contributed by atoms with E-state index in [0.717, 1.165) is 11.1 Å². The molecule has 2 aromatic rings. The van der Waals surface area contributed by atoms with Crippen LogP contribution in [0, 0.1) is 0 Å². The molecule has 2 atom stereocenters. The van der Waals surface area contributed by atoms with Crippen molar-refractivity contribution < 1.29 is 19.4 Å². The Morgan fingerprint density at radius 3 is 2.33 bits per heavy atom. The van der Waals surface area contributed by atoms with Gasteiger partial charge in [0.05, 0.1) is 25.9 Å². The van der Waals surface area contributed by atoms with E-state index >= 15 is 0 Å². The summed E-state index contributed by atoms with van der Waals surface area (Å²) in [5, 5.41) is 12.1. The number of carbonyl (C=O) groups excluding carboxylic acids is 1. The molecular formula is C22H27NO4. The molecule has 0 aromatic heterocycles. The maximum Gasteiger partial charge on any atom is 0.221 e. The number of hydrogen-bond donors (Lipinski definition) is 2. The van der Waals surface area contributed by atoms with E-state index in [1.165, 1.54) is 0 Å². The minimum Gasteiger partial charge on any atom is -0.394 e. The Morgan fingerprint density at radius 1 is 1.11 bits per heavy atom. The van der Waals surface area contributed by atoms with Gasteiger partial charge < -0.3 is 19.9 Å². The highest BCUT2D eigenvalue weighted by molar-refractivity contribution is 5.78. The van der Waals surface area contributed by atoms with Gasteiger partial charge in [-0.15, -0.1) is 0 Å². The van der Waals surface area contributed by atoms with Crippen molar-refractivity contribution in [3.8, 4) is 0 Å². The highest BCUT2D eigenvalue weighted by Crippen LogP contribution is 2.28. The van der Waals surface area contributed by atoms with Gasteiger partial charge >= 0.3 is 0 Å². The number of rotatable bonds is 8. The van der Waals surface area contributed by atoms with Gasteiger partial charge in [-0.1, -0.05) is 60.7 Å². The number of aliphatic hydroxyl groups is 1. The fourth-order valence-corrected chi connectivity index (χ4v) is 3.50. The Hall–Kier alpha value is -2.21. The molecule has 0 aliphatic carbocycles. The van der Waals surface area contributed by atoms with Crippen molar-refractivity contribution in [2.24, 2.45) is 0 Å². The number of carbonyl (C=O) groups is 1. The van der Waals surface area contributed by atoms with Crippen molar-refractivity contribution in [1.82, 2.24) is 5.32 Å². The maximum absolute atomic E-state index is 12.8. The third-order valence-electron chi connectivity index (χ3n) is 4.87. The summed E-state index contributed by atoms with van der Waals surface area (Å²) in [7, 11) is 0. The maximum atomic E-state index is 12.8. The van der Waals surface area contributed by atoms with Gasteiger partial charge in [0.1, 0.15) is 6.10 Å². The molecule has 2 N–H and O–H groups in total. The highest BCUT2D eigenvalue weighted by atomic mass is 16.5. The third-order valence-corrected chi connectivity index (χ3v) is 4.87. The molecule has 1 heterocycles. The summed E-state index contributed by atoms with van der Waals surface area (Å²) in [6.07, 6.45) is 0.864. The lowest BCUT2D eigenvalue weighted by atomic mass is 9.88. The molecule has 1 fully saturated rings. The Labute approximate surface area is 160 Å². The number of hydrogen-bond acceptors (Lipinski definition) is 4. The molecule has 0 unspecified atom stereocenters. The monoisotopic (exact) mass is 369 g/mol. The van der Waals surface area contributed by atoms with Crippen LogP contribution in [0.5, 0.6) is 0 Å². The van der Waals surface area contributed by atoms with Crippen LogP contribution in [0.15, 0.2) is 60.7 Å². The number of aliphatic hydroxyl groups excluding tert-OH is 1. The van der Waals surface area contributed by atoms with Crippen LogP contribution in [-0.4, -0.2) is 49.6 Å². The van der Waals surface area contributed by atoms with Crippen molar-refractivity contribution in [2.75, 3.05) is 26.4 Å². The number of amides is 1. The quantitative estimate of drug-likeness (QED) is 0.750. The summed E-state index contributed by atoms with van der Waals surface area (Å²) in [6, 6.07) is 20.1. The van der Waals surface area contributed by atoms with Crippen molar-refractivity contribution in [1.29, 1.82) is 0 Å². The fraction of sp³-hybridized carbons (Fsp3) is 0.409. The smallest absolute Gasteiger partial charge is 0.221 e. The lowest BCUT2D eigenvalue weighted by Gasteiger charge is -2.32. The largest absolute Gasteiger partial charge is 0.394 e. The molecule has 0 spiro atoms. The van der Waals surface area contributed by atoms with E-state index in [2.05, 4.69) is 29.6 Å². The van der Waals surface area contributed by atoms with Crippen LogP contribution in [-0.2, 0) is 14.3 Å². The van der Waals surface area contributed by atoms with Crippen LogP contribution in [0.25, 0.3) is 0 Å². The lowest BCUT2D eigenvalue weighted by molar-refractivity contribution is -0.126. The molecular weight excluding hydrogens is 342 g/mol. The van der Waals surface area contributed by atoms with E-state index in [9.17, 15) is 4.79 Å². The summed E-state index contributed by atoms with van der Waals surface area (Å²) in [4.78, 5) is 12.8. The molecule has 3 rings (SSSR count). The Kier molecular flexibility index (Phi) is 7.39. The van der Waals surface area contributed by atoms with E-state index in [4.69, 9.17) is 14.6 Å². The Bertz CT molecular complexity index is 652. The van der Waals surface area contributed by atoms with Crippen LogP contribution in [0.3, 0.4) is 0 Å². The first-order valence-electron chi connectivity index (χ1n) is 9.47. The normalized spacial score (nSPS) is 19.8. The first-order valence-corrected chi connectivity index (χ1v) is 9.47. The second-order valence-corrected chi connectivity index (χ2v) is 6.75. The molecule has 5 nitrogen and oxygen atoms in total. The van der Waals surface area contributed by atoms with Crippen LogP contribution in [0.4, 0.5) is 0 Å². The first kappa shape index (κ1) is 19.5. The predicted octanol–water partition coefficient (Wildman–Crippen LogP) is 2.49. The molecule has 2 aromatic carbocycles. The zero-order chi connectivity index (χ0) is 18.9. The summed E-state index contributed by atoms with van der Waals surface area (Å²) >= 11 is 0. The zero-order valence-electron chi connectivity index (χ0n) is 15.4. The Morgan fingerprint density at radius 2 is 1.74 bits per heavy atom. The van der Waals surface area contributed by atoms with Gasteiger partial charge in [0.2, 0.25) is 5.91 Å². The minimum absolute atomic E-state index is 0.00259. The first-order chi connectivity index (χ1) is 13.3. The molecule has 27 heavy (non-hydrogen) atoms. The minimum atomic E-state index is -0.221. The van der Waals surface area contributed by atoms with E-state index in [-0.39, 0.29) is 37.2 Å². The predicted molar refractivity (Wildman–Crippen MR) is 104 cm³/mol. The second kappa shape index (κ2) is 10.2. The van der Waals surface area contributed by atoms with Crippen molar-refractivity contribution in [2.45, 2.75) is 30.9 Å². The van der Waals surface area contributed by atoms with Gasteiger partial charge in [-0.2, -0.15) is 0 Å². The molecule has 1 aliphatic rings. The van der Waals surface area contributed by atoms with Crippen LogP contribution in [0.1, 0.15) is 29.9 Å². The molecule has 0 saturated carbocycles. The van der Waals surface area contributed by atoms with E-state index in [1.54, 1.807) is 0 Å². The van der Waals surface area contributed by atoms with Crippen LogP contribution in [0.2, 0.25) is 0 Å². The average Bonchev–Trinajstić information content (AvgIpc) is 2.72. The number of ether oxygens (including phenoxy) is 2. The molecule has 1 amide bonds. The van der Waals surface area contributed by atoms with E-state index < -0.39 is 0 Å². The summed E-state index contributed by atoms with van der Waals surface area (Å²) in [5.41, 5.74) is 2.25. The second-order valence-electron chi connectivity index (χ2n) is 6.75. The summed E-state index contributed by atoms with van der Waals surface area (Å²) in [6.45, 7) is 1.24. The van der Waals surface area contributed by atoms with Gasteiger partial charge in [-0.05, 0) is 17.5 Å². The van der Waals surface area contributed by atoms with Gasteiger partial charge in [-0.3, -0.25) is 4.79 Å². The van der Waals surface area contributed by atoms with Crippen LogP contribution < -0.4 is 5.32 Å². The molecule has 5 heteroatoms. The molecule has 0 bridgehead atoms. The highest BCUT2D eigenvalue weighted by Gasteiger charge is 2.29. The van der Waals surface area contributed by atoms with Gasteiger partial charge in [0.25, 0.3) is 0 Å². The third kappa shape index (κ3) is 5.63. The van der Waals surface area contributed by atoms with Crippen molar-refractivity contribution in [3.63, 3.8) is 0 Å². The van der Waals surface area contributed by atoms with Crippen molar-refractivity contribution >= 4 is 5.91 Å². The number of nitrogens with one attached hydrogen (secondary N) is 1. The van der Waals surface area contributed by atoms with Gasteiger partial charge in [0, 0.05) is 18.9 Å². The zero-order valence-corrected chi connectivity index (χ0v) is 15.4. The summed E-state index contributed by atoms with van der Waals surface area (Å²) < 4.78 is 11.1. The molecule has 1 saturated heterocycles. The molecule has 144 valence electrons. The SMILES string of the molecule is O=C(CC(c1ccccc1)c1ccccc1)N[C@@H]1CCOC[C@H]1OCCO. The average molecular weight is 369 g/mol. The van der Waals surface area contributed by atoms with Crippen molar-refractivity contribution in [3.05, 3.63) is 71.8 Å². The Balaban J connectivity index is 1.69. The van der Waals surface area contributed by atoms with Gasteiger partial charge in [-0.25, -0.2) is 0 Å². The molecule has 1 aliphatic heterocycles. The van der Waals surface area contributed by atoms with E-state index in [1.807, 2.05) is 36.4 Å². The standard InChI is InChI=1S/C22H27NO4/c24-12-14-27-21-16-26-13-11-20(21)23-22(25)15-19(17-7-3-1-4-8-17)18-9-5-2-6-10-18/h1-10,19-21,24H,11-16H2,(H,23,25)/t20-,21-/m1/s1. The van der Waals surface area contributed by atoms with Crippen LogP contribution >= 0.6 is 0 Å². The summed E-state index contributed by atoms with van der Waals surface area (Å²) in [5.74, 6) is 0.00116. The lowest BCUT2D eigenvalue weighted by Crippen LogP contribution is -2.50. The van der Waals surface area contributed by atoms with E-state index in [0.29, 0.717) is 26.1 Å². The topological polar surface area (TPSA) is 67.8 Å².